The van der Waals surface area contributed by atoms with Crippen LogP contribution in [0.25, 0.3) is 93.9 Å². The molecule has 1 heterocycles. The Morgan fingerprint density at radius 1 is 0.288 bits per heavy atom. The zero-order chi connectivity index (χ0) is 48.2. The van der Waals surface area contributed by atoms with Gasteiger partial charge in [0.1, 0.15) is 0 Å². The first-order valence-electron chi connectivity index (χ1n) is 25.3. The summed E-state index contributed by atoms with van der Waals surface area (Å²) in [5.74, 6) is 0.0772. The van der Waals surface area contributed by atoms with Crippen molar-refractivity contribution in [2.45, 2.75) is 5.92 Å². The summed E-state index contributed by atoms with van der Waals surface area (Å²) in [5.41, 5.74) is 23.0. The summed E-state index contributed by atoms with van der Waals surface area (Å²) < 4.78 is 2.39. The fraction of sp³-hybridized carbons (Fsp3) is 0.0141. The van der Waals surface area contributed by atoms with Crippen LogP contribution in [0.1, 0.15) is 22.6 Å². The van der Waals surface area contributed by atoms with Crippen molar-refractivity contribution < 1.29 is 0 Å². The molecule has 0 spiro atoms. The molecule has 1 aliphatic carbocycles. The number of anilines is 3. The normalized spacial score (nSPS) is 12.8. The maximum Gasteiger partial charge on any atom is 0.0541 e. The molecule has 14 rings (SSSR count). The second-order valence-corrected chi connectivity index (χ2v) is 19.2. The van der Waals surface area contributed by atoms with Gasteiger partial charge in [-0.3, -0.25) is 0 Å². The van der Waals surface area contributed by atoms with Crippen LogP contribution in [0.15, 0.2) is 285 Å². The SMILES string of the molecule is c1ccc(-c2ccc3c(c2)C(c2ccccc2)c2cc(N(c4ccc(-c5cccc(-n6c7ccccc7c7ccccc76)c5)cc4)c4ccc(-c5cccc6cccc(-c7ccccc7)c56)cc4)ccc2-3)cc1. The van der Waals surface area contributed by atoms with E-state index in [1.165, 1.54) is 99.3 Å². The molecule has 0 saturated carbocycles. The van der Waals surface area contributed by atoms with Crippen molar-refractivity contribution in [1.29, 1.82) is 0 Å². The molecule has 0 bridgehead atoms. The summed E-state index contributed by atoms with van der Waals surface area (Å²) in [6, 6.07) is 105. The molecule has 73 heavy (non-hydrogen) atoms. The van der Waals surface area contributed by atoms with Crippen LogP contribution in [0, 0.1) is 0 Å². The maximum atomic E-state index is 2.45. The lowest BCUT2D eigenvalue weighted by Gasteiger charge is -2.27. The van der Waals surface area contributed by atoms with E-state index in [-0.39, 0.29) is 5.92 Å². The molecule has 342 valence electrons. The van der Waals surface area contributed by atoms with E-state index in [9.17, 15) is 0 Å². The number of hydrogen-bond acceptors (Lipinski definition) is 1. The second-order valence-electron chi connectivity index (χ2n) is 19.2. The van der Waals surface area contributed by atoms with Gasteiger partial charge in [-0.2, -0.15) is 0 Å². The molecule has 12 aromatic carbocycles. The third-order valence-corrected chi connectivity index (χ3v) is 15.1. The Kier molecular flexibility index (Phi) is 10.3. The van der Waals surface area contributed by atoms with E-state index in [0.29, 0.717) is 0 Å². The van der Waals surface area contributed by atoms with Gasteiger partial charge in [-0.25, -0.2) is 0 Å². The van der Waals surface area contributed by atoms with Crippen LogP contribution in [0.5, 0.6) is 0 Å². The largest absolute Gasteiger partial charge is 0.310 e. The smallest absolute Gasteiger partial charge is 0.0541 e. The highest BCUT2D eigenvalue weighted by molar-refractivity contribution is 6.09. The van der Waals surface area contributed by atoms with Gasteiger partial charge in [0.25, 0.3) is 0 Å². The van der Waals surface area contributed by atoms with E-state index in [1.807, 2.05) is 0 Å². The minimum atomic E-state index is 0.0772. The number of para-hydroxylation sites is 2. The molecule has 1 aliphatic rings. The van der Waals surface area contributed by atoms with Crippen molar-refractivity contribution in [1.82, 2.24) is 4.57 Å². The molecular weight excluding hydrogens is 881 g/mol. The van der Waals surface area contributed by atoms with E-state index in [2.05, 4.69) is 295 Å². The van der Waals surface area contributed by atoms with E-state index < -0.39 is 0 Å². The van der Waals surface area contributed by atoms with E-state index in [4.69, 9.17) is 0 Å². The summed E-state index contributed by atoms with van der Waals surface area (Å²) in [4.78, 5) is 2.43. The van der Waals surface area contributed by atoms with E-state index in [0.717, 1.165) is 28.3 Å². The molecule has 13 aromatic rings. The maximum absolute atomic E-state index is 2.45. The van der Waals surface area contributed by atoms with Gasteiger partial charge in [-0.1, -0.05) is 218 Å². The molecule has 1 aromatic heterocycles. The van der Waals surface area contributed by atoms with Gasteiger partial charge in [0.2, 0.25) is 0 Å². The highest BCUT2D eigenvalue weighted by Crippen LogP contribution is 2.51. The lowest BCUT2D eigenvalue weighted by molar-refractivity contribution is 1.01. The minimum Gasteiger partial charge on any atom is -0.310 e. The lowest BCUT2D eigenvalue weighted by atomic mass is 9.88. The predicted molar refractivity (Wildman–Crippen MR) is 308 cm³/mol. The van der Waals surface area contributed by atoms with E-state index in [1.54, 1.807) is 0 Å². The Morgan fingerprint density at radius 3 is 1.38 bits per heavy atom. The fourth-order valence-electron chi connectivity index (χ4n) is 11.7. The van der Waals surface area contributed by atoms with Crippen LogP contribution in [-0.2, 0) is 0 Å². The molecule has 0 saturated heterocycles. The average Bonchev–Trinajstić information content (AvgIpc) is 3.98. The van der Waals surface area contributed by atoms with Crippen LogP contribution in [0.3, 0.4) is 0 Å². The van der Waals surface area contributed by atoms with Crippen molar-refractivity contribution in [2.75, 3.05) is 4.90 Å². The van der Waals surface area contributed by atoms with Crippen LogP contribution in [0.4, 0.5) is 17.1 Å². The molecule has 0 fully saturated rings. The number of rotatable bonds is 9. The summed E-state index contributed by atoms with van der Waals surface area (Å²) in [6.45, 7) is 0. The Labute approximate surface area is 426 Å². The van der Waals surface area contributed by atoms with Gasteiger partial charge in [0, 0.05) is 39.4 Å². The van der Waals surface area contributed by atoms with Crippen molar-refractivity contribution in [3.63, 3.8) is 0 Å². The summed E-state index contributed by atoms with van der Waals surface area (Å²) >= 11 is 0. The van der Waals surface area contributed by atoms with Gasteiger partial charge in [-0.15, -0.1) is 0 Å². The first-order valence-corrected chi connectivity index (χ1v) is 25.3. The fourth-order valence-corrected chi connectivity index (χ4v) is 11.7. The van der Waals surface area contributed by atoms with Gasteiger partial charge >= 0.3 is 0 Å². The number of hydrogen-bond donors (Lipinski definition) is 0. The second kappa shape index (κ2) is 17.7. The molecule has 2 nitrogen and oxygen atoms in total. The minimum absolute atomic E-state index is 0.0772. The van der Waals surface area contributed by atoms with Gasteiger partial charge < -0.3 is 9.47 Å². The summed E-state index contributed by atoms with van der Waals surface area (Å²) in [5, 5.41) is 5.02. The Hall–Kier alpha value is -9.50. The highest BCUT2D eigenvalue weighted by atomic mass is 15.1. The van der Waals surface area contributed by atoms with Crippen LogP contribution in [-0.4, -0.2) is 4.57 Å². The Balaban J connectivity index is 0.893. The Bertz CT molecular complexity index is 4110. The first kappa shape index (κ1) is 42.4. The molecule has 0 amide bonds. The van der Waals surface area contributed by atoms with Gasteiger partial charge in [0.05, 0.1) is 11.0 Å². The lowest BCUT2D eigenvalue weighted by Crippen LogP contribution is -2.11. The topological polar surface area (TPSA) is 8.17 Å². The van der Waals surface area contributed by atoms with E-state index >= 15 is 0 Å². The number of fused-ring (bicyclic) bond motifs is 7. The summed E-state index contributed by atoms with van der Waals surface area (Å²) in [6.07, 6.45) is 0. The van der Waals surface area contributed by atoms with Crippen LogP contribution < -0.4 is 4.90 Å². The molecule has 1 atom stereocenters. The molecule has 0 radical (unpaired) electrons. The summed E-state index contributed by atoms with van der Waals surface area (Å²) in [7, 11) is 0. The first-order chi connectivity index (χ1) is 36.2. The predicted octanol–water partition coefficient (Wildman–Crippen LogP) is 19.2. The Morgan fingerprint density at radius 2 is 0.740 bits per heavy atom. The molecule has 0 N–H and O–H groups in total. The third kappa shape index (κ3) is 7.34. The molecular formula is C71H48N2. The van der Waals surface area contributed by atoms with Crippen molar-refractivity contribution in [3.8, 4) is 61.3 Å². The molecule has 2 heteroatoms. The van der Waals surface area contributed by atoms with Crippen molar-refractivity contribution >= 4 is 49.6 Å². The quantitative estimate of drug-likeness (QED) is 0.140. The van der Waals surface area contributed by atoms with Crippen molar-refractivity contribution in [2.24, 2.45) is 0 Å². The van der Waals surface area contributed by atoms with Gasteiger partial charge in [0.15, 0.2) is 0 Å². The van der Waals surface area contributed by atoms with Crippen molar-refractivity contribution in [3.05, 3.63) is 302 Å². The zero-order valence-electron chi connectivity index (χ0n) is 40.1. The molecule has 1 unspecified atom stereocenters. The number of nitrogens with zero attached hydrogens (tertiary/aromatic N) is 2. The molecule has 0 aliphatic heterocycles. The third-order valence-electron chi connectivity index (χ3n) is 15.1. The van der Waals surface area contributed by atoms with Crippen LogP contribution in [0.2, 0.25) is 0 Å². The van der Waals surface area contributed by atoms with Gasteiger partial charge in [-0.05, 0) is 150 Å². The number of benzene rings is 12. The number of aromatic nitrogens is 1. The standard InChI is InChI=1S/C71H48N2/c1-4-17-48(18-5-1)55-37-43-62-63-44-42-59(47-67(63)71(66(62)46-55)52-21-8-3-9-22-52)72(57-40-35-51(36-41-57)61-30-16-24-53-23-15-29-60(70(53)61)50-19-6-2-7-20-50)56-38-33-49(34-39-56)54-25-14-26-58(45-54)73-68-31-12-10-27-64(68)65-28-11-13-32-69(65)73/h1-47,71H. The monoisotopic (exact) mass is 928 g/mol. The average molecular weight is 929 g/mol. The van der Waals surface area contributed by atoms with Crippen LogP contribution >= 0.6 is 0 Å². The zero-order valence-corrected chi connectivity index (χ0v) is 40.1. The highest BCUT2D eigenvalue weighted by Gasteiger charge is 2.31.